The van der Waals surface area contributed by atoms with Crippen molar-refractivity contribution in [2.24, 2.45) is 0 Å². The summed E-state index contributed by atoms with van der Waals surface area (Å²) in [6.07, 6.45) is 2.88. The number of nitrogens with two attached hydrogens (primary N) is 1. The van der Waals surface area contributed by atoms with E-state index >= 15 is 0 Å². The van der Waals surface area contributed by atoms with E-state index in [0.717, 1.165) is 19.3 Å². The summed E-state index contributed by atoms with van der Waals surface area (Å²) in [5, 5.41) is 0. The zero-order chi connectivity index (χ0) is 12.9. The Bertz CT molecular complexity index is 470. The third-order valence-corrected chi connectivity index (χ3v) is 3.14. The normalized spacial score (nSPS) is 11.4. The van der Waals surface area contributed by atoms with E-state index in [4.69, 9.17) is 15.0 Å². The van der Waals surface area contributed by atoms with E-state index in [0.29, 0.717) is 12.3 Å². The molecule has 0 atom stereocenters. The van der Waals surface area contributed by atoms with E-state index in [1.54, 1.807) is 0 Å². The summed E-state index contributed by atoms with van der Waals surface area (Å²) in [5.41, 5.74) is 5.94. The first-order chi connectivity index (χ1) is 7.95. The molecule has 6 heteroatoms. The smallest absolute Gasteiger partial charge is 0.298 e. The molecule has 0 radical (unpaired) electrons. The Morgan fingerprint density at radius 2 is 2.06 bits per heavy atom. The second-order valence-corrected chi connectivity index (χ2v) is 5.13. The number of rotatable bonds is 6. The zero-order valence-electron chi connectivity index (χ0n) is 9.72. The van der Waals surface area contributed by atoms with Gasteiger partial charge < -0.3 is 10.5 Å². The summed E-state index contributed by atoms with van der Waals surface area (Å²) in [7, 11) is -4.27. The van der Waals surface area contributed by atoms with Gasteiger partial charge in [0, 0.05) is 11.8 Å². The summed E-state index contributed by atoms with van der Waals surface area (Å²) in [4.78, 5) is -0.247. The van der Waals surface area contributed by atoms with Crippen LogP contribution in [0.5, 0.6) is 5.75 Å². The van der Waals surface area contributed by atoms with Gasteiger partial charge in [0.25, 0.3) is 10.1 Å². The molecule has 1 aromatic rings. The van der Waals surface area contributed by atoms with E-state index in [1.807, 2.05) is 0 Å². The third kappa shape index (κ3) is 4.24. The van der Waals surface area contributed by atoms with Crippen LogP contribution in [0.15, 0.2) is 23.1 Å². The number of hydrogen-bond acceptors (Lipinski definition) is 4. The lowest BCUT2D eigenvalue weighted by Gasteiger charge is -2.10. The number of ether oxygens (including phenoxy) is 1. The molecule has 96 valence electrons. The molecule has 5 nitrogen and oxygen atoms in total. The summed E-state index contributed by atoms with van der Waals surface area (Å²) < 4.78 is 36.5. The number of benzene rings is 1. The Hall–Kier alpha value is -1.27. The lowest BCUT2D eigenvalue weighted by Crippen LogP contribution is -2.05. The topological polar surface area (TPSA) is 89.6 Å². The molecule has 0 aliphatic rings. The minimum Gasteiger partial charge on any atom is -0.492 e. The highest BCUT2D eigenvalue weighted by Gasteiger charge is 2.16. The highest BCUT2D eigenvalue weighted by atomic mass is 32.2. The van der Waals surface area contributed by atoms with Crippen molar-refractivity contribution >= 4 is 15.8 Å². The SMILES string of the molecule is CCCCCOc1cc(N)ccc1S(=O)(=O)O. The Morgan fingerprint density at radius 3 is 2.65 bits per heavy atom. The molecule has 0 heterocycles. The van der Waals surface area contributed by atoms with Crippen LogP contribution in [0.2, 0.25) is 0 Å². The minimum absolute atomic E-state index is 0.101. The van der Waals surface area contributed by atoms with E-state index < -0.39 is 10.1 Å². The molecule has 1 rings (SSSR count). The number of hydrogen-bond donors (Lipinski definition) is 2. The second-order valence-electron chi connectivity index (χ2n) is 3.74. The van der Waals surface area contributed by atoms with Crippen LogP contribution >= 0.6 is 0 Å². The largest absolute Gasteiger partial charge is 0.492 e. The minimum atomic E-state index is -4.27. The fraction of sp³-hybridized carbons (Fsp3) is 0.455. The first-order valence-electron chi connectivity index (χ1n) is 5.45. The molecule has 0 saturated heterocycles. The summed E-state index contributed by atoms with van der Waals surface area (Å²) in [6, 6.07) is 4.04. The Balaban J connectivity index is 2.85. The van der Waals surface area contributed by atoms with Gasteiger partial charge in [-0.1, -0.05) is 19.8 Å². The monoisotopic (exact) mass is 259 g/mol. The van der Waals surface area contributed by atoms with E-state index in [2.05, 4.69) is 6.92 Å². The Labute approximate surface area is 101 Å². The highest BCUT2D eigenvalue weighted by Crippen LogP contribution is 2.26. The average Bonchev–Trinajstić information content (AvgIpc) is 2.23. The van der Waals surface area contributed by atoms with Crippen molar-refractivity contribution in [1.82, 2.24) is 0 Å². The van der Waals surface area contributed by atoms with Gasteiger partial charge in [-0.3, -0.25) is 4.55 Å². The molecule has 0 aliphatic carbocycles. The quantitative estimate of drug-likeness (QED) is 0.464. The van der Waals surface area contributed by atoms with E-state index in [1.165, 1.54) is 18.2 Å². The summed E-state index contributed by atoms with van der Waals surface area (Å²) >= 11 is 0. The third-order valence-electron chi connectivity index (χ3n) is 2.25. The van der Waals surface area contributed by atoms with Crippen LogP contribution in [0.1, 0.15) is 26.2 Å². The molecule has 0 spiro atoms. The second kappa shape index (κ2) is 5.88. The Morgan fingerprint density at radius 1 is 1.35 bits per heavy atom. The van der Waals surface area contributed by atoms with Gasteiger partial charge in [0.1, 0.15) is 10.6 Å². The fourth-order valence-electron chi connectivity index (χ4n) is 1.38. The van der Waals surface area contributed by atoms with Gasteiger partial charge in [0.2, 0.25) is 0 Å². The molecule has 3 N–H and O–H groups in total. The van der Waals surface area contributed by atoms with E-state index in [-0.39, 0.29) is 10.6 Å². The molecular formula is C11H17NO4S. The predicted molar refractivity (Wildman–Crippen MR) is 65.7 cm³/mol. The van der Waals surface area contributed by atoms with Gasteiger partial charge in [0.15, 0.2) is 0 Å². The Kier molecular flexibility index (Phi) is 4.77. The van der Waals surface area contributed by atoms with Crippen molar-refractivity contribution in [3.8, 4) is 5.75 Å². The van der Waals surface area contributed by atoms with Gasteiger partial charge in [-0.2, -0.15) is 8.42 Å². The van der Waals surface area contributed by atoms with Crippen LogP contribution < -0.4 is 10.5 Å². The molecule has 0 amide bonds. The van der Waals surface area contributed by atoms with Gasteiger partial charge >= 0.3 is 0 Å². The van der Waals surface area contributed by atoms with Crippen LogP contribution in [0, 0.1) is 0 Å². The van der Waals surface area contributed by atoms with Gasteiger partial charge in [-0.15, -0.1) is 0 Å². The molecule has 0 aromatic heterocycles. The van der Waals surface area contributed by atoms with Crippen LogP contribution in [0.4, 0.5) is 5.69 Å². The van der Waals surface area contributed by atoms with E-state index in [9.17, 15) is 8.42 Å². The van der Waals surface area contributed by atoms with Crippen LogP contribution in [-0.4, -0.2) is 19.6 Å². The lowest BCUT2D eigenvalue weighted by atomic mass is 10.2. The van der Waals surface area contributed by atoms with Gasteiger partial charge in [0.05, 0.1) is 6.61 Å². The molecule has 0 aliphatic heterocycles. The maximum absolute atomic E-state index is 11.1. The molecule has 17 heavy (non-hydrogen) atoms. The number of nitrogen functional groups attached to an aromatic ring is 1. The van der Waals surface area contributed by atoms with Crippen molar-refractivity contribution in [3.63, 3.8) is 0 Å². The van der Waals surface area contributed by atoms with Crippen molar-refractivity contribution in [2.75, 3.05) is 12.3 Å². The van der Waals surface area contributed by atoms with Gasteiger partial charge in [-0.05, 0) is 18.6 Å². The van der Waals surface area contributed by atoms with Crippen LogP contribution in [0.3, 0.4) is 0 Å². The fourth-order valence-corrected chi connectivity index (χ4v) is 2.00. The molecular weight excluding hydrogens is 242 g/mol. The molecule has 0 bridgehead atoms. The summed E-state index contributed by atoms with van der Waals surface area (Å²) in [6.45, 7) is 2.46. The molecule has 0 fully saturated rings. The molecule has 0 saturated carbocycles. The first-order valence-corrected chi connectivity index (χ1v) is 6.89. The van der Waals surface area contributed by atoms with Crippen molar-refractivity contribution in [3.05, 3.63) is 18.2 Å². The number of unbranched alkanes of at least 4 members (excludes halogenated alkanes) is 2. The summed E-state index contributed by atoms with van der Waals surface area (Å²) in [5.74, 6) is 0.101. The lowest BCUT2D eigenvalue weighted by molar-refractivity contribution is 0.297. The van der Waals surface area contributed by atoms with Gasteiger partial charge in [-0.25, -0.2) is 0 Å². The number of anilines is 1. The highest BCUT2D eigenvalue weighted by molar-refractivity contribution is 7.86. The maximum atomic E-state index is 11.1. The van der Waals surface area contributed by atoms with Crippen molar-refractivity contribution < 1.29 is 17.7 Å². The maximum Gasteiger partial charge on any atom is 0.298 e. The first kappa shape index (κ1) is 13.8. The van der Waals surface area contributed by atoms with Crippen LogP contribution in [0.25, 0.3) is 0 Å². The standard InChI is InChI=1S/C11H17NO4S/c1-2-3-4-7-16-10-8-9(12)5-6-11(10)17(13,14)15/h5-6,8H,2-4,7,12H2,1H3,(H,13,14,15). The molecule has 1 aromatic carbocycles. The average molecular weight is 259 g/mol. The van der Waals surface area contributed by atoms with Crippen LogP contribution in [-0.2, 0) is 10.1 Å². The zero-order valence-corrected chi connectivity index (χ0v) is 10.5. The predicted octanol–water partition coefficient (Wildman–Crippen LogP) is 2.08. The van der Waals surface area contributed by atoms with Crippen molar-refractivity contribution in [1.29, 1.82) is 0 Å². The molecule has 0 unspecified atom stereocenters. The van der Waals surface area contributed by atoms with Crippen molar-refractivity contribution in [2.45, 2.75) is 31.1 Å².